The zero-order chi connectivity index (χ0) is 13.5. The molecule has 4 rings (SSSR count). The maximum atomic E-state index is 5.86. The van der Waals surface area contributed by atoms with Crippen molar-refractivity contribution in [2.75, 3.05) is 6.79 Å². The van der Waals surface area contributed by atoms with E-state index in [4.69, 9.17) is 14.2 Å². The average molecular weight is 273 g/mol. The van der Waals surface area contributed by atoms with Gasteiger partial charge in [0.1, 0.15) is 11.6 Å². The molecule has 6 nitrogen and oxygen atoms in total. The van der Waals surface area contributed by atoms with Crippen molar-refractivity contribution in [2.45, 2.75) is 31.8 Å². The molecule has 1 atom stereocenters. The molecule has 1 fully saturated rings. The molecule has 2 aromatic rings. The van der Waals surface area contributed by atoms with E-state index in [2.05, 4.69) is 15.2 Å². The number of aromatic amines is 1. The van der Waals surface area contributed by atoms with Crippen LogP contribution in [0.4, 0.5) is 0 Å². The maximum absolute atomic E-state index is 5.86. The first kappa shape index (κ1) is 11.6. The van der Waals surface area contributed by atoms with Crippen molar-refractivity contribution in [1.82, 2.24) is 15.2 Å². The SMILES string of the molecule is CC(Oc1ccc2c(c1)OCO2)c1n[nH]c(C2CC2)n1. The Bertz CT molecular complexity index is 636. The number of fused-ring (bicyclic) bond motifs is 1. The Morgan fingerprint density at radius 3 is 3.00 bits per heavy atom. The monoisotopic (exact) mass is 273 g/mol. The molecule has 1 aliphatic carbocycles. The minimum absolute atomic E-state index is 0.209. The minimum Gasteiger partial charge on any atom is -0.483 e. The molecule has 1 unspecified atom stereocenters. The summed E-state index contributed by atoms with van der Waals surface area (Å²) < 4.78 is 16.5. The summed E-state index contributed by atoms with van der Waals surface area (Å²) in [5, 5.41) is 7.22. The molecular weight excluding hydrogens is 258 g/mol. The van der Waals surface area contributed by atoms with Crippen LogP contribution in [0.15, 0.2) is 18.2 Å². The highest BCUT2D eigenvalue weighted by atomic mass is 16.7. The molecule has 2 heterocycles. The molecule has 1 aromatic heterocycles. The number of nitrogens with zero attached hydrogens (tertiary/aromatic N) is 2. The Morgan fingerprint density at radius 2 is 2.15 bits per heavy atom. The van der Waals surface area contributed by atoms with Gasteiger partial charge in [-0.15, -0.1) is 0 Å². The molecule has 0 radical (unpaired) electrons. The van der Waals surface area contributed by atoms with Crippen LogP contribution in [0.25, 0.3) is 0 Å². The van der Waals surface area contributed by atoms with Gasteiger partial charge in [-0.05, 0) is 31.9 Å². The van der Waals surface area contributed by atoms with Gasteiger partial charge in [0.05, 0.1) is 0 Å². The third-order valence-electron chi connectivity index (χ3n) is 3.50. The first-order valence-electron chi connectivity index (χ1n) is 6.78. The summed E-state index contributed by atoms with van der Waals surface area (Å²) in [7, 11) is 0. The van der Waals surface area contributed by atoms with Gasteiger partial charge < -0.3 is 14.2 Å². The van der Waals surface area contributed by atoms with E-state index in [0.29, 0.717) is 17.5 Å². The molecule has 0 spiro atoms. The Labute approximate surface area is 116 Å². The Morgan fingerprint density at radius 1 is 1.30 bits per heavy atom. The number of H-pyrrole nitrogens is 1. The lowest BCUT2D eigenvalue weighted by atomic mass is 10.3. The van der Waals surface area contributed by atoms with E-state index < -0.39 is 0 Å². The van der Waals surface area contributed by atoms with E-state index in [-0.39, 0.29) is 12.9 Å². The molecule has 1 saturated carbocycles. The van der Waals surface area contributed by atoms with Gasteiger partial charge in [0.25, 0.3) is 0 Å². The van der Waals surface area contributed by atoms with Crippen molar-refractivity contribution in [3.8, 4) is 17.2 Å². The molecule has 0 bridgehead atoms. The molecule has 6 heteroatoms. The quantitative estimate of drug-likeness (QED) is 0.927. The number of aromatic nitrogens is 3. The molecule has 20 heavy (non-hydrogen) atoms. The number of rotatable bonds is 4. The minimum atomic E-state index is -0.209. The normalized spacial score (nSPS) is 18.1. The fraction of sp³-hybridized carbons (Fsp3) is 0.429. The number of benzene rings is 1. The lowest BCUT2D eigenvalue weighted by Crippen LogP contribution is -2.05. The van der Waals surface area contributed by atoms with Crippen molar-refractivity contribution in [1.29, 1.82) is 0 Å². The first-order chi connectivity index (χ1) is 9.79. The molecule has 1 aromatic carbocycles. The van der Waals surface area contributed by atoms with Crippen molar-refractivity contribution in [2.24, 2.45) is 0 Å². The van der Waals surface area contributed by atoms with Gasteiger partial charge in [-0.3, -0.25) is 5.10 Å². The summed E-state index contributed by atoms with van der Waals surface area (Å²) in [6.07, 6.45) is 2.19. The van der Waals surface area contributed by atoms with Gasteiger partial charge in [-0.2, -0.15) is 5.10 Å². The Hall–Kier alpha value is -2.24. The zero-order valence-electron chi connectivity index (χ0n) is 11.1. The molecule has 104 valence electrons. The molecule has 1 N–H and O–H groups in total. The van der Waals surface area contributed by atoms with Gasteiger partial charge in [0.2, 0.25) is 6.79 Å². The average Bonchev–Trinajstić information content (AvgIpc) is 3.01. The van der Waals surface area contributed by atoms with Crippen LogP contribution < -0.4 is 14.2 Å². The number of hydrogen-bond donors (Lipinski definition) is 1. The van der Waals surface area contributed by atoms with Gasteiger partial charge >= 0.3 is 0 Å². The van der Waals surface area contributed by atoms with E-state index in [9.17, 15) is 0 Å². The molecule has 0 amide bonds. The van der Waals surface area contributed by atoms with Crippen LogP contribution >= 0.6 is 0 Å². The predicted molar refractivity (Wildman–Crippen MR) is 70.0 cm³/mol. The third kappa shape index (κ3) is 2.07. The largest absolute Gasteiger partial charge is 0.483 e. The standard InChI is InChI=1S/C14H15N3O3/c1-8(13-15-14(17-16-13)9-2-3-9)20-10-4-5-11-12(6-10)19-7-18-11/h4-6,8-9H,2-3,7H2,1H3,(H,15,16,17). The number of hydrogen-bond acceptors (Lipinski definition) is 5. The van der Waals surface area contributed by atoms with Crippen LogP contribution in [-0.4, -0.2) is 22.0 Å². The summed E-state index contributed by atoms with van der Waals surface area (Å²) in [4.78, 5) is 4.49. The molecule has 1 aliphatic heterocycles. The Kier molecular flexibility index (Phi) is 2.55. The van der Waals surface area contributed by atoms with E-state index >= 15 is 0 Å². The summed E-state index contributed by atoms with van der Waals surface area (Å²) in [6.45, 7) is 2.20. The van der Waals surface area contributed by atoms with E-state index in [1.165, 1.54) is 12.8 Å². The van der Waals surface area contributed by atoms with E-state index in [1.54, 1.807) is 0 Å². The lowest BCUT2D eigenvalue weighted by Gasteiger charge is -2.11. The summed E-state index contributed by atoms with van der Waals surface area (Å²) in [5.74, 6) is 4.40. The van der Waals surface area contributed by atoms with E-state index in [0.717, 1.165) is 17.3 Å². The van der Waals surface area contributed by atoms with Gasteiger partial charge in [-0.25, -0.2) is 4.98 Å². The highest BCUT2D eigenvalue weighted by molar-refractivity contribution is 5.46. The molecule has 0 saturated heterocycles. The van der Waals surface area contributed by atoms with Crippen LogP contribution in [0.1, 0.15) is 43.4 Å². The van der Waals surface area contributed by atoms with Crippen LogP contribution in [0.2, 0.25) is 0 Å². The second kappa shape index (κ2) is 4.40. The number of ether oxygens (including phenoxy) is 3. The van der Waals surface area contributed by atoms with Crippen molar-refractivity contribution < 1.29 is 14.2 Å². The van der Waals surface area contributed by atoms with Gasteiger partial charge in [0.15, 0.2) is 23.4 Å². The molecular formula is C14H15N3O3. The molecule has 2 aliphatic rings. The van der Waals surface area contributed by atoms with E-state index in [1.807, 2.05) is 25.1 Å². The number of nitrogens with one attached hydrogen (secondary N) is 1. The summed E-state index contributed by atoms with van der Waals surface area (Å²) in [5.41, 5.74) is 0. The van der Waals surface area contributed by atoms with Crippen LogP contribution in [-0.2, 0) is 0 Å². The van der Waals surface area contributed by atoms with Gasteiger partial charge in [0, 0.05) is 12.0 Å². The lowest BCUT2D eigenvalue weighted by molar-refractivity contribution is 0.173. The maximum Gasteiger partial charge on any atom is 0.231 e. The zero-order valence-corrected chi connectivity index (χ0v) is 11.1. The second-order valence-electron chi connectivity index (χ2n) is 5.13. The highest BCUT2D eigenvalue weighted by Gasteiger charge is 2.28. The van der Waals surface area contributed by atoms with Crippen molar-refractivity contribution in [3.63, 3.8) is 0 Å². The topological polar surface area (TPSA) is 69.3 Å². The van der Waals surface area contributed by atoms with Crippen molar-refractivity contribution in [3.05, 3.63) is 29.8 Å². The summed E-state index contributed by atoms with van der Waals surface area (Å²) >= 11 is 0. The van der Waals surface area contributed by atoms with Gasteiger partial charge in [-0.1, -0.05) is 0 Å². The fourth-order valence-electron chi connectivity index (χ4n) is 2.22. The van der Waals surface area contributed by atoms with Crippen molar-refractivity contribution >= 4 is 0 Å². The van der Waals surface area contributed by atoms with Crippen LogP contribution in [0, 0.1) is 0 Å². The smallest absolute Gasteiger partial charge is 0.231 e. The van der Waals surface area contributed by atoms with Crippen LogP contribution in [0.3, 0.4) is 0 Å². The predicted octanol–water partition coefficient (Wildman–Crippen LogP) is 2.55. The Balaban J connectivity index is 1.49. The fourth-order valence-corrected chi connectivity index (χ4v) is 2.22. The summed E-state index contributed by atoms with van der Waals surface area (Å²) in [6, 6.07) is 5.53. The first-order valence-corrected chi connectivity index (χ1v) is 6.78. The second-order valence-corrected chi connectivity index (χ2v) is 5.13. The highest BCUT2D eigenvalue weighted by Crippen LogP contribution is 2.39. The van der Waals surface area contributed by atoms with Crippen LogP contribution in [0.5, 0.6) is 17.2 Å². The third-order valence-corrected chi connectivity index (χ3v) is 3.50.